The first kappa shape index (κ1) is 11.5. The van der Waals surface area contributed by atoms with Gasteiger partial charge in [0.05, 0.1) is 18.4 Å². The van der Waals surface area contributed by atoms with E-state index in [1.54, 1.807) is 0 Å². The van der Waals surface area contributed by atoms with Crippen LogP contribution in [0.2, 0.25) is 0 Å². The Balaban J connectivity index is 1.87. The normalized spacial score (nSPS) is 24.1. The van der Waals surface area contributed by atoms with Gasteiger partial charge in [-0.25, -0.2) is 0 Å². The first-order valence-electron chi connectivity index (χ1n) is 6.33. The van der Waals surface area contributed by atoms with Crippen molar-refractivity contribution in [3.05, 3.63) is 29.8 Å². The molecule has 0 bridgehead atoms. The molecule has 1 atom stereocenters. The second kappa shape index (κ2) is 4.96. The molecule has 1 amide bonds. The summed E-state index contributed by atoms with van der Waals surface area (Å²) in [5, 5.41) is 5.24. The minimum Gasteiger partial charge on any atom is -0.371 e. The van der Waals surface area contributed by atoms with E-state index in [-0.39, 0.29) is 12.0 Å². The highest BCUT2D eigenvalue weighted by molar-refractivity contribution is 5.82. The van der Waals surface area contributed by atoms with Crippen molar-refractivity contribution in [3.63, 3.8) is 0 Å². The highest BCUT2D eigenvalue weighted by Crippen LogP contribution is 2.29. The van der Waals surface area contributed by atoms with Gasteiger partial charge in [-0.3, -0.25) is 15.2 Å². The van der Waals surface area contributed by atoms with Gasteiger partial charge in [0, 0.05) is 31.6 Å². The van der Waals surface area contributed by atoms with E-state index < -0.39 is 0 Å². The Hall–Kier alpha value is -1.59. The molecule has 2 saturated heterocycles. The first-order chi connectivity index (χ1) is 8.84. The summed E-state index contributed by atoms with van der Waals surface area (Å²) in [6.07, 6.45) is 0.616. The molecule has 0 aromatic heterocycles. The van der Waals surface area contributed by atoms with Crippen molar-refractivity contribution in [2.24, 2.45) is 0 Å². The second-order valence-electron chi connectivity index (χ2n) is 4.56. The molecule has 2 aliphatic rings. The van der Waals surface area contributed by atoms with Gasteiger partial charge in [-0.05, 0) is 6.07 Å². The average molecular weight is 247 g/mol. The number of ether oxygens (including phenoxy) is 1. The van der Waals surface area contributed by atoms with Gasteiger partial charge < -0.3 is 10.1 Å². The molecule has 0 radical (unpaired) electrons. The Morgan fingerprint density at radius 3 is 2.94 bits per heavy atom. The number of carbonyl (C=O) groups excluding carboxylic acids is 1. The number of amides is 1. The minimum absolute atomic E-state index is 0.0625. The molecule has 5 heteroatoms. The van der Waals surface area contributed by atoms with E-state index >= 15 is 0 Å². The van der Waals surface area contributed by atoms with E-state index in [4.69, 9.17) is 4.74 Å². The van der Waals surface area contributed by atoms with Crippen LogP contribution in [0.1, 0.15) is 18.1 Å². The van der Waals surface area contributed by atoms with Gasteiger partial charge in [0.1, 0.15) is 0 Å². The van der Waals surface area contributed by atoms with Crippen molar-refractivity contribution >= 4 is 11.6 Å². The summed E-state index contributed by atoms with van der Waals surface area (Å²) in [6.45, 7) is 3.17. The summed E-state index contributed by atoms with van der Waals surface area (Å²) in [4.78, 5) is 11.3. The zero-order chi connectivity index (χ0) is 12.4. The van der Waals surface area contributed by atoms with Crippen LogP contribution in [-0.4, -0.2) is 32.1 Å². The zero-order valence-electron chi connectivity index (χ0n) is 10.2. The number of nitrogens with zero attached hydrogens (tertiary/aromatic N) is 1. The number of hydrogen-bond acceptors (Lipinski definition) is 4. The van der Waals surface area contributed by atoms with Crippen molar-refractivity contribution in [1.82, 2.24) is 10.7 Å². The quantitative estimate of drug-likeness (QED) is 0.803. The van der Waals surface area contributed by atoms with Crippen LogP contribution in [0.5, 0.6) is 0 Å². The second-order valence-corrected chi connectivity index (χ2v) is 4.56. The van der Waals surface area contributed by atoms with Crippen molar-refractivity contribution in [2.45, 2.75) is 12.5 Å². The van der Waals surface area contributed by atoms with E-state index in [2.05, 4.69) is 16.8 Å². The van der Waals surface area contributed by atoms with Gasteiger partial charge in [0.2, 0.25) is 5.91 Å². The standard InChI is InChI=1S/C13H17N3O2/c17-13-5-7-16(15-13)11-4-2-1-3-10(11)12-9-14-6-8-18-12/h1-4,12,14H,5-9H2,(H,15,17). The molecule has 0 spiro atoms. The Morgan fingerprint density at radius 1 is 1.33 bits per heavy atom. The average Bonchev–Trinajstić information content (AvgIpc) is 2.86. The van der Waals surface area contributed by atoms with Crippen molar-refractivity contribution in [3.8, 4) is 0 Å². The molecule has 2 N–H and O–H groups in total. The number of anilines is 1. The number of benzene rings is 1. The summed E-state index contributed by atoms with van der Waals surface area (Å²) >= 11 is 0. The molecule has 1 aromatic carbocycles. The molecule has 96 valence electrons. The molecule has 0 saturated carbocycles. The summed E-state index contributed by atoms with van der Waals surface area (Å²) in [5.74, 6) is 0.0764. The number of morpholine rings is 1. The van der Waals surface area contributed by atoms with Gasteiger partial charge in [-0.1, -0.05) is 18.2 Å². The largest absolute Gasteiger partial charge is 0.371 e. The molecule has 3 rings (SSSR count). The molecule has 5 nitrogen and oxygen atoms in total. The third-order valence-electron chi connectivity index (χ3n) is 3.32. The Kier molecular flexibility index (Phi) is 3.17. The van der Waals surface area contributed by atoms with Gasteiger partial charge in [0.15, 0.2) is 0 Å². The van der Waals surface area contributed by atoms with E-state index in [0.29, 0.717) is 6.42 Å². The fraction of sp³-hybridized carbons (Fsp3) is 0.462. The lowest BCUT2D eigenvalue weighted by atomic mass is 10.1. The fourth-order valence-electron chi connectivity index (χ4n) is 2.43. The van der Waals surface area contributed by atoms with Crippen LogP contribution in [0, 0.1) is 0 Å². The SMILES string of the molecule is O=C1CCN(c2ccccc2C2CNCCO2)N1. The van der Waals surface area contributed by atoms with Gasteiger partial charge in [0.25, 0.3) is 0 Å². The highest BCUT2D eigenvalue weighted by Gasteiger charge is 2.25. The van der Waals surface area contributed by atoms with Crippen LogP contribution in [-0.2, 0) is 9.53 Å². The number of rotatable bonds is 2. The molecular formula is C13H17N3O2. The first-order valence-corrected chi connectivity index (χ1v) is 6.33. The van der Waals surface area contributed by atoms with E-state index in [9.17, 15) is 4.79 Å². The number of hydrazine groups is 1. The third-order valence-corrected chi connectivity index (χ3v) is 3.32. The lowest BCUT2D eigenvalue weighted by molar-refractivity contribution is -0.119. The lowest BCUT2D eigenvalue weighted by Gasteiger charge is -2.28. The smallest absolute Gasteiger partial charge is 0.240 e. The van der Waals surface area contributed by atoms with Crippen LogP contribution in [0.4, 0.5) is 5.69 Å². The number of hydrogen-bond donors (Lipinski definition) is 2. The maximum atomic E-state index is 11.3. The summed E-state index contributed by atoms with van der Waals surface area (Å²) in [6, 6.07) is 8.09. The molecule has 2 aliphatic heterocycles. The van der Waals surface area contributed by atoms with Gasteiger partial charge >= 0.3 is 0 Å². The van der Waals surface area contributed by atoms with Crippen LogP contribution in [0.25, 0.3) is 0 Å². The van der Waals surface area contributed by atoms with Crippen LogP contribution >= 0.6 is 0 Å². The molecule has 18 heavy (non-hydrogen) atoms. The molecule has 2 heterocycles. The lowest BCUT2D eigenvalue weighted by Crippen LogP contribution is -2.37. The maximum Gasteiger partial charge on any atom is 0.240 e. The number of para-hydroxylation sites is 1. The van der Waals surface area contributed by atoms with E-state index in [0.717, 1.165) is 37.5 Å². The number of nitrogens with one attached hydrogen (secondary N) is 2. The van der Waals surface area contributed by atoms with E-state index in [1.807, 2.05) is 23.2 Å². The van der Waals surface area contributed by atoms with Crippen LogP contribution in [0.15, 0.2) is 24.3 Å². The summed E-state index contributed by atoms with van der Waals surface area (Å²) < 4.78 is 5.79. The van der Waals surface area contributed by atoms with Gasteiger partial charge in [-0.15, -0.1) is 0 Å². The molecular weight excluding hydrogens is 230 g/mol. The topological polar surface area (TPSA) is 53.6 Å². The van der Waals surface area contributed by atoms with Crippen molar-refractivity contribution in [2.75, 3.05) is 31.3 Å². The van der Waals surface area contributed by atoms with Crippen LogP contribution < -0.4 is 15.8 Å². The van der Waals surface area contributed by atoms with Crippen molar-refractivity contribution < 1.29 is 9.53 Å². The zero-order valence-corrected chi connectivity index (χ0v) is 10.2. The Morgan fingerprint density at radius 2 is 2.22 bits per heavy atom. The molecule has 1 aromatic rings. The summed E-state index contributed by atoms with van der Waals surface area (Å²) in [7, 11) is 0. The predicted octanol–water partition coefficient (Wildman–Crippen LogP) is 0.589. The summed E-state index contributed by atoms with van der Waals surface area (Å²) in [5.41, 5.74) is 5.04. The van der Waals surface area contributed by atoms with Crippen molar-refractivity contribution in [1.29, 1.82) is 0 Å². The molecule has 0 aliphatic carbocycles. The minimum atomic E-state index is 0.0625. The Bertz CT molecular complexity index is 444. The van der Waals surface area contributed by atoms with E-state index in [1.165, 1.54) is 0 Å². The monoisotopic (exact) mass is 247 g/mol. The number of carbonyl (C=O) groups is 1. The Labute approximate surface area is 106 Å². The third kappa shape index (κ3) is 2.19. The fourth-order valence-corrected chi connectivity index (χ4v) is 2.43. The molecule has 2 fully saturated rings. The maximum absolute atomic E-state index is 11.3. The molecule has 1 unspecified atom stereocenters. The van der Waals surface area contributed by atoms with Crippen LogP contribution in [0.3, 0.4) is 0 Å². The highest BCUT2D eigenvalue weighted by atomic mass is 16.5. The van der Waals surface area contributed by atoms with Gasteiger partial charge in [-0.2, -0.15) is 0 Å². The predicted molar refractivity (Wildman–Crippen MR) is 68.1 cm³/mol.